The fraction of sp³-hybridized carbons (Fsp3) is 0.588. The molecule has 0 radical (unpaired) electrons. The average Bonchev–Trinajstić information content (AvgIpc) is 2.46. The lowest BCUT2D eigenvalue weighted by Gasteiger charge is -2.33. The molecule has 1 heterocycles. The summed E-state index contributed by atoms with van der Waals surface area (Å²) in [4.78, 5) is 2.59. The van der Waals surface area contributed by atoms with Gasteiger partial charge in [0.15, 0.2) is 0 Å². The number of piperidine rings is 1. The van der Waals surface area contributed by atoms with E-state index in [4.69, 9.17) is 5.26 Å². The van der Waals surface area contributed by atoms with Crippen molar-refractivity contribution in [3.8, 4) is 6.07 Å². The van der Waals surface area contributed by atoms with Crippen molar-refractivity contribution in [2.45, 2.75) is 45.6 Å². The van der Waals surface area contributed by atoms with Gasteiger partial charge >= 0.3 is 0 Å². The predicted octanol–water partition coefficient (Wildman–Crippen LogP) is 3.54. The predicted molar refractivity (Wildman–Crippen MR) is 83.9 cm³/mol. The zero-order chi connectivity index (χ0) is 14.4. The lowest BCUT2D eigenvalue weighted by Crippen LogP contribution is -2.38. The molecule has 0 bridgehead atoms. The van der Waals surface area contributed by atoms with E-state index in [0.717, 1.165) is 42.4 Å². The summed E-state index contributed by atoms with van der Waals surface area (Å²) in [5.41, 5.74) is 2.84. The van der Waals surface area contributed by atoms with Crippen LogP contribution in [-0.4, -0.2) is 30.6 Å². The van der Waals surface area contributed by atoms with E-state index in [1.807, 2.05) is 19.1 Å². The van der Waals surface area contributed by atoms with Crippen molar-refractivity contribution in [2.24, 2.45) is 0 Å². The Balaban J connectivity index is 1.77. The topological polar surface area (TPSA) is 39.1 Å². The van der Waals surface area contributed by atoms with Crippen LogP contribution >= 0.6 is 0 Å². The molecular weight excluding hydrogens is 246 g/mol. The highest BCUT2D eigenvalue weighted by Crippen LogP contribution is 2.18. The van der Waals surface area contributed by atoms with E-state index in [1.54, 1.807) is 0 Å². The monoisotopic (exact) mass is 271 g/mol. The Hall–Kier alpha value is -1.53. The molecule has 1 aromatic carbocycles. The number of likely N-dealkylation sites (tertiary alicyclic amines) is 1. The van der Waals surface area contributed by atoms with Crippen molar-refractivity contribution in [3.63, 3.8) is 0 Å². The van der Waals surface area contributed by atoms with E-state index >= 15 is 0 Å². The second-order valence-electron chi connectivity index (χ2n) is 5.82. The van der Waals surface area contributed by atoms with Gasteiger partial charge in [-0.25, -0.2) is 0 Å². The quantitative estimate of drug-likeness (QED) is 0.833. The van der Waals surface area contributed by atoms with Crippen molar-refractivity contribution in [3.05, 3.63) is 29.3 Å². The minimum atomic E-state index is 0.734. The van der Waals surface area contributed by atoms with Gasteiger partial charge < -0.3 is 10.2 Å². The fourth-order valence-corrected chi connectivity index (χ4v) is 2.90. The van der Waals surface area contributed by atoms with Gasteiger partial charge in [0.05, 0.1) is 11.3 Å². The molecule has 1 aliphatic heterocycles. The summed E-state index contributed by atoms with van der Waals surface area (Å²) in [6.45, 7) is 7.68. The first kappa shape index (κ1) is 14.9. The molecule has 108 valence electrons. The summed E-state index contributed by atoms with van der Waals surface area (Å²) in [5, 5.41) is 12.5. The van der Waals surface area contributed by atoms with Crippen LogP contribution in [0.2, 0.25) is 0 Å². The van der Waals surface area contributed by atoms with Crippen LogP contribution in [0.4, 0.5) is 5.69 Å². The molecule has 2 rings (SSSR count). The third-order valence-electron chi connectivity index (χ3n) is 4.17. The summed E-state index contributed by atoms with van der Waals surface area (Å²) in [6.07, 6.45) is 5.19. The first-order valence-corrected chi connectivity index (χ1v) is 7.69. The molecule has 1 saturated heterocycles. The maximum Gasteiger partial charge on any atom is 0.101 e. The van der Waals surface area contributed by atoms with Gasteiger partial charge in [-0.2, -0.15) is 5.26 Å². The van der Waals surface area contributed by atoms with Crippen LogP contribution in [0.1, 0.15) is 43.7 Å². The third-order valence-corrected chi connectivity index (χ3v) is 4.17. The van der Waals surface area contributed by atoms with E-state index < -0.39 is 0 Å². The van der Waals surface area contributed by atoms with Gasteiger partial charge in [-0.3, -0.25) is 0 Å². The second kappa shape index (κ2) is 7.31. The highest BCUT2D eigenvalue weighted by atomic mass is 15.2. The van der Waals surface area contributed by atoms with Crippen molar-refractivity contribution >= 4 is 5.69 Å². The Bertz CT molecular complexity index is 476. The maximum absolute atomic E-state index is 9.14. The van der Waals surface area contributed by atoms with E-state index in [9.17, 15) is 0 Å². The van der Waals surface area contributed by atoms with E-state index in [0.29, 0.717) is 0 Å². The van der Waals surface area contributed by atoms with Gasteiger partial charge in [0.25, 0.3) is 0 Å². The molecule has 0 spiro atoms. The fourth-order valence-electron chi connectivity index (χ4n) is 2.90. The maximum atomic E-state index is 9.14. The normalized spacial score (nSPS) is 19.6. The molecule has 0 aromatic heterocycles. The lowest BCUT2D eigenvalue weighted by atomic mass is 10.0. The van der Waals surface area contributed by atoms with Gasteiger partial charge in [0, 0.05) is 19.1 Å². The molecule has 0 aliphatic carbocycles. The number of hydrogen-bond donors (Lipinski definition) is 1. The van der Waals surface area contributed by atoms with Crippen LogP contribution in [0.25, 0.3) is 0 Å². The summed E-state index contributed by atoms with van der Waals surface area (Å²) < 4.78 is 0. The van der Waals surface area contributed by atoms with Crippen LogP contribution in [-0.2, 0) is 0 Å². The Morgan fingerprint density at radius 3 is 3.00 bits per heavy atom. The van der Waals surface area contributed by atoms with E-state index in [1.165, 1.54) is 25.8 Å². The molecule has 0 saturated carbocycles. The number of nitriles is 1. The van der Waals surface area contributed by atoms with Gasteiger partial charge in [0.1, 0.15) is 6.07 Å². The number of benzene rings is 1. The van der Waals surface area contributed by atoms with Crippen LogP contribution in [0.5, 0.6) is 0 Å². The summed E-state index contributed by atoms with van der Waals surface area (Å²) in [7, 11) is 0. The first-order chi connectivity index (χ1) is 9.70. The van der Waals surface area contributed by atoms with Crippen molar-refractivity contribution in [1.29, 1.82) is 5.26 Å². The SMILES string of the molecule is Cc1ccc(NCCCN2CCCCC2C)c(C#N)c1. The van der Waals surface area contributed by atoms with Gasteiger partial charge in [-0.05, 0) is 57.4 Å². The molecule has 1 unspecified atom stereocenters. The molecule has 1 N–H and O–H groups in total. The molecule has 20 heavy (non-hydrogen) atoms. The second-order valence-corrected chi connectivity index (χ2v) is 5.82. The Kier molecular flexibility index (Phi) is 5.43. The molecule has 3 nitrogen and oxygen atoms in total. The van der Waals surface area contributed by atoms with Crippen LogP contribution in [0.15, 0.2) is 18.2 Å². The molecule has 1 fully saturated rings. The molecular formula is C17H25N3. The smallest absolute Gasteiger partial charge is 0.101 e. The summed E-state index contributed by atoms with van der Waals surface area (Å²) in [6, 6.07) is 9.00. The lowest BCUT2D eigenvalue weighted by molar-refractivity contribution is 0.160. The van der Waals surface area contributed by atoms with Crippen molar-refractivity contribution in [1.82, 2.24) is 4.90 Å². The van der Waals surface area contributed by atoms with Crippen LogP contribution in [0.3, 0.4) is 0 Å². The molecule has 1 aliphatic rings. The number of nitrogens with zero attached hydrogens (tertiary/aromatic N) is 2. The molecule has 0 amide bonds. The Morgan fingerprint density at radius 2 is 2.25 bits per heavy atom. The molecule has 1 aromatic rings. The number of aryl methyl sites for hydroxylation is 1. The third kappa shape index (κ3) is 3.98. The minimum Gasteiger partial charge on any atom is -0.384 e. The van der Waals surface area contributed by atoms with Crippen LogP contribution < -0.4 is 5.32 Å². The Labute approximate surface area is 122 Å². The number of nitrogens with one attached hydrogen (secondary N) is 1. The minimum absolute atomic E-state index is 0.734. The standard InChI is InChI=1S/C17H25N3/c1-14-7-8-17(16(12-14)13-18)19-9-5-11-20-10-4-3-6-15(20)2/h7-8,12,15,19H,3-6,9-11H2,1-2H3. The van der Waals surface area contributed by atoms with Crippen molar-refractivity contribution in [2.75, 3.05) is 25.0 Å². The number of rotatable bonds is 5. The van der Waals surface area contributed by atoms with Gasteiger partial charge in [0.2, 0.25) is 0 Å². The van der Waals surface area contributed by atoms with Gasteiger partial charge in [-0.15, -0.1) is 0 Å². The van der Waals surface area contributed by atoms with Crippen molar-refractivity contribution < 1.29 is 0 Å². The number of hydrogen-bond acceptors (Lipinski definition) is 3. The van der Waals surface area contributed by atoms with Gasteiger partial charge in [-0.1, -0.05) is 12.5 Å². The summed E-state index contributed by atoms with van der Waals surface area (Å²) in [5.74, 6) is 0. The summed E-state index contributed by atoms with van der Waals surface area (Å²) >= 11 is 0. The number of anilines is 1. The molecule has 1 atom stereocenters. The van der Waals surface area contributed by atoms with E-state index in [2.05, 4.69) is 29.3 Å². The van der Waals surface area contributed by atoms with E-state index in [-0.39, 0.29) is 0 Å². The largest absolute Gasteiger partial charge is 0.384 e. The van der Waals surface area contributed by atoms with Crippen LogP contribution in [0, 0.1) is 18.3 Å². The zero-order valence-electron chi connectivity index (χ0n) is 12.7. The zero-order valence-corrected chi connectivity index (χ0v) is 12.7. The highest BCUT2D eigenvalue weighted by molar-refractivity contribution is 5.58. The highest BCUT2D eigenvalue weighted by Gasteiger charge is 2.17. The first-order valence-electron chi connectivity index (χ1n) is 7.69. The molecule has 3 heteroatoms. The Morgan fingerprint density at radius 1 is 1.40 bits per heavy atom. The average molecular weight is 271 g/mol.